The molecule has 1 aromatic carbocycles. The average Bonchev–Trinajstić information content (AvgIpc) is 2.58. The summed E-state index contributed by atoms with van der Waals surface area (Å²) in [6, 6.07) is 12.8. The summed E-state index contributed by atoms with van der Waals surface area (Å²) < 4.78 is 4.91. The van der Waals surface area contributed by atoms with E-state index in [2.05, 4.69) is 15.6 Å². The second-order valence-electron chi connectivity index (χ2n) is 4.98. The first-order valence-corrected chi connectivity index (χ1v) is 7.49. The Labute approximate surface area is 147 Å². The van der Waals surface area contributed by atoms with Crippen molar-refractivity contribution in [2.45, 2.75) is 0 Å². The summed E-state index contributed by atoms with van der Waals surface area (Å²) in [7, 11) is 1.63. The molecule has 1 heterocycles. The van der Waals surface area contributed by atoms with Gasteiger partial charge in [0, 0.05) is 32.4 Å². The quantitative estimate of drug-likeness (QED) is 0.628. The summed E-state index contributed by atoms with van der Waals surface area (Å²) in [5, 5.41) is 5.83. The monoisotopic (exact) mass is 351 g/mol. The molecule has 2 rings (SSSR count). The molecular formula is C17H22ClN3O3. The molecule has 0 radical (unpaired) electrons. The van der Waals surface area contributed by atoms with Gasteiger partial charge in [-0.05, 0) is 17.7 Å². The number of halogens is 1. The molecule has 0 spiro atoms. The summed E-state index contributed by atoms with van der Waals surface area (Å²) in [4.78, 5) is 26.8. The molecule has 0 saturated carbocycles. The van der Waals surface area contributed by atoms with Gasteiger partial charge in [0.2, 0.25) is 0 Å². The molecule has 0 aliphatic carbocycles. The van der Waals surface area contributed by atoms with E-state index in [0.717, 1.165) is 12.1 Å². The molecule has 130 valence electrons. The number of nitrogens with one attached hydrogen (secondary N) is 3. The van der Waals surface area contributed by atoms with Crippen LogP contribution in [-0.4, -0.2) is 44.2 Å². The van der Waals surface area contributed by atoms with Crippen LogP contribution in [0.15, 0.2) is 47.3 Å². The maximum absolute atomic E-state index is 12.1. The van der Waals surface area contributed by atoms with Crippen LogP contribution in [0.1, 0.15) is 10.4 Å². The minimum atomic E-state index is -0.392. The number of carbonyl (C=O) groups is 1. The highest BCUT2D eigenvalue weighted by Gasteiger charge is 2.10. The highest BCUT2D eigenvalue weighted by atomic mass is 35.5. The first-order valence-electron chi connectivity index (χ1n) is 7.49. The van der Waals surface area contributed by atoms with Crippen LogP contribution in [0.2, 0.25) is 0 Å². The number of amides is 1. The summed E-state index contributed by atoms with van der Waals surface area (Å²) in [6.07, 6.45) is 0. The molecule has 6 nitrogen and oxygen atoms in total. The highest BCUT2D eigenvalue weighted by molar-refractivity contribution is 5.94. The van der Waals surface area contributed by atoms with Gasteiger partial charge < -0.3 is 20.4 Å². The van der Waals surface area contributed by atoms with Gasteiger partial charge in [-0.15, -0.1) is 12.4 Å². The fourth-order valence-corrected chi connectivity index (χ4v) is 2.10. The highest BCUT2D eigenvalue weighted by Crippen LogP contribution is 2.14. The topological polar surface area (TPSA) is 83.2 Å². The van der Waals surface area contributed by atoms with Crippen molar-refractivity contribution >= 4 is 18.3 Å². The Hall–Kier alpha value is -2.15. The van der Waals surface area contributed by atoms with Crippen molar-refractivity contribution < 1.29 is 9.53 Å². The molecule has 0 bridgehead atoms. The van der Waals surface area contributed by atoms with Crippen LogP contribution in [0.3, 0.4) is 0 Å². The van der Waals surface area contributed by atoms with E-state index in [-0.39, 0.29) is 23.9 Å². The number of benzene rings is 1. The van der Waals surface area contributed by atoms with Gasteiger partial charge in [0.1, 0.15) is 5.56 Å². The normalized spacial score (nSPS) is 10.0. The molecule has 7 heteroatoms. The third-order valence-corrected chi connectivity index (χ3v) is 3.31. The van der Waals surface area contributed by atoms with Crippen molar-refractivity contribution in [1.82, 2.24) is 15.6 Å². The molecule has 0 atom stereocenters. The minimum Gasteiger partial charge on any atom is -0.383 e. The summed E-state index contributed by atoms with van der Waals surface area (Å²) in [5.74, 6) is -0.376. The predicted octanol–water partition coefficient (Wildman–Crippen LogP) is 1.43. The van der Waals surface area contributed by atoms with Crippen molar-refractivity contribution in [3.05, 3.63) is 58.4 Å². The van der Waals surface area contributed by atoms with E-state index in [4.69, 9.17) is 4.74 Å². The Morgan fingerprint density at radius 3 is 2.50 bits per heavy atom. The molecule has 0 fully saturated rings. The molecule has 0 unspecified atom stereocenters. The number of aromatic amines is 1. The van der Waals surface area contributed by atoms with E-state index in [1.807, 2.05) is 30.3 Å². The van der Waals surface area contributed by atoms with Gasteiger partial charge in [0.15, 0.2) is 0 Å². The molecule has 0 aliphatic rings. The zero-order valence-corrected chi connectivity index (χ0v) is 14.3. The lowest BCUT2D eigenvalue weighted by Crippen LogP contribution is -2.35. The fourth-order valence-electron chi connectivity index (χ4n) is 2.10. The van der Waals surface area contributed by atoms with E-state index in [1.54, 1.807) is 19.2 Å². The summed E-state index contributed by atoms with van der Waals surface area (Å²) >= 11 is 0. The van der Waals surface area contributed by atoms with Gasteiger partial charge in [0.25, 0.3) is 11.5 Å². The van der Waals surface area contributed by atoms with E-state index in [1.165, 1.54) is 0 Å². The Bertz CT molecular complexity index is 689. The summed E-state index contributed by atoms with van der Waals surface area (Å²) in [5.41, 5.74) is 1.31. The van der Waals surface area contributed by atoms with Gasteiger partial charge in [-0.1, -0.05) is 30.3 Å². The third kappa shape index (κ3) is 5.81. The molecule has 0 aliphatic heterocycles. The lowest BCUT2D eigenvalue weighted by Gasteiger charge is -2.07. The van der Waals surface area contributed by atoms with Gasteiger partial charge in [0.05, 0.1) is 6.61 Å². The Balaban J connectivity index is 0.00000288. The molecule has 3 N–H and O–H groups in total. The molecule has 0 saturated heterocycles. The van der Waals surface area contributed by atoms with Crippen molar-refractivity contribution in [2.24, 2.45) is 0 Å². The Kier molecular flexibility index (Phi) is 8.78. The van der Waals surface area contributed by atoms with Crippen molar-refractivity contribution in [2.75, 3.05) is 33.4 Å². The molecular weight excluding hydrogens is 330 g/mol. The van der Waals surface area contributed by atoms with Crippen molar-refractivity contribution in [1.29, 1.82) is 0 Å². The van der Waals surface area contributed by atoms with Gasteiger partial charge >= 0.3 is 0 Å². The smallest absolute Gasteiger partial charge is 0.261 e. The van der Waals surface area contributed by atoms with E-state index in [9.17, 15) is 9.59 Å². The molecule has 1 aromatic heterocycles. The summed E-state index contributed by atoms with van der Waals surface area (Å²) in [6.45, 7) is 2.41. The zero-order chi connectivity index (χ0) is 16.5. The second kappa shape index (κ2) is 10.6. The number of H-pyrrole nitrogens is 1. The minimum absolute atomic E-state index is 0. The zero-order valence-electron chi connectivity index (χ0n) is 13.5. The number of methoxy groups -OCH3 is 1. The SMILES string of the molecule is COCCNCCNC(=O)c1ccc(-c2ccccc2)[nH]c1=O.Cl. The average molecular weight is 352 g/mol. The fraction of sp³-hybridized carbons (Fsp3) is 0.294. The van der Waals surface area contributed by atoms with Gasteiger partial charge in [-0.3, -0.25) is 9.59 Å². The van der Waals surface area contributed by atoms with Crippen LogP contribution < -0.4 is 16.2 Å². The van der Waals surface area contributed by atoms with Crippen LogP contribution in [0, 0.1) is 0 Å². The first kappa shape index (κ1) is 19.9. The number of hydrogen-bond acceptors (Lipinski definition) is 4. The van der Waals surface area contributed by atoms with E-state index in [0.29, 0.717) is 25.4 Å². The Morgan fingerprint density at radius 2 is 1.83 bits per heavy atom. The number of pyridine rings is 1. The maximum atomic E-state index is 12.1. The van der Waals surface area contributed by atoms with Crippen LogP contribution in [0.5, 0.6) is 0 Å². The number of rotatable bonds is 8. The van der Waals surface area contributed by atoms with Crippen molar-refractivity contribution in [3.8, 4) is 11.3 Å². The first-order chi connectivity index (χ1) is 11.2. The maximum Gasteiger partial charge on any atom is 0.261 e. The lowest BCUT2D eigenvalue weighted by molar-refractivity contribution is 0.0952. The van der Waals surface area contributed by atoms with Crippen LogP contribution in [-0.2, 0) is 4.74 Å². The third-order valence-electron chi connectivity index (χ3n) is 3.31. The Morgan fingerprint density at radius 1 is 1.08 bits per heavy atom. The molecule has 1 amide bonds. The van der Waals surface area contributed by atoms with Crippen molar-refractivity contribution in [3.63, 3.8) is 0 Å². The van der Waals surface area contributed by atoms with Crippen LogP contribution in [0.25, 0.3) is 11.3 Å². The lowest BCUT2D eigenvalue weighted by atomic mass is 10.1. The van der Waals surface area contributed by atoms with E-state index < -0.39 is 5.56 Å². The number of aromatic nitrogens is 1. The number of hydrogen-bond donors (Lipinski definition) is 3. The number of ether oxygens (including phenoxy) is 1. The van der Waals surface area contributed by atoms with Crippen LogP contribution in [0.4, 0.5) is 0 Å². The largest absolute Gasteiger partial charge is 0.383 e. The van der Waals surface area contributed by atoms with Gasteiger partial charge in [-0.2, -0.15) is 0 Å². The molecule has 24 heavy (non-hydrogen) atoms. The number of carbonyl (C=O) groups excluding carboxylic acids is 1. The van der Waals surface area contributed by atoms with Gasteiger partial charge in [-0.25, -0.2) is 0 Å². The standard InChI is InChI=1S/C17H21N3O3.ClH/c1-23-12-11-18-9-10-19-16(21)14-7-8-15(20-17(14)22)13-5-3-2-4-6-13;/h2-8,18H,9-12H2,1H3,(H,19,21)(H,20,22);1H. The second-order valence-corrected chi connectivity index (χ2v) is 4.98. The molecule has 2 aromatic rings. The van der Waals surface area contributed by atoms with E-state index >= 15 is 0 Å². The predicted molar refractivity (Wildman–Crippen MR) is 96.8 cm³/mol. The van der Waals surface area contributed by atoms with Crippen LogP contribution >= 0.6 is 12.4 Å².